The Morgan fingerprint density at radius 1 is 0.884 bits per heavy atom. The van der Waals surface area contributed by atoms with E-state index >= 15 is 0 Å². The number of rotatable bonds is 9. The average molecular weight is 595 g/mol. The molecule has 2 atom stereocenters. The van der Waals surface area contributed by atoms with E-state index in [2.05, 4.69) is 65.2 Å². The standard InChI is InChI=1S/C31H32N2O3.C2HF3O2/c34-31(33-19-23-6-2-1-3-7-23)22-35-28-14-12-26(13-15-28)29-16-17-32-20-30(29)36-21-24-10-11-25-8-4-5-9-27(25)18-24;3-2(4,5)1(6)7/h1-15,18,29-30,32H,16-17,19-22H2,(H,33,34);(H,6,7). The highest BCUT2D eigenvalue weighted by Gasteiger charge is 2.38. The second-order valence-electron chi connectivity index (χ2n) is 10.1. The molecule has 1 saturated heterocycles. The fraction of sp³-hybridized carbons (Fsp3) is 0.273. The maximum absolute atomic E-state index is 12.1. The third kappa shape index (κ3) is 9.83. The smallest absolute Gasteiger partial charge is 0.484 e. The van der Waals surface area contributed by atoms with Gasteiger partial charge in [0.2, 0.25) is 0 Å². The largest absolute Gasteiger partial charge is 0.490 e. The number of benzene rings is 4. The summed E-state index contributed by atoms with van der Waals surface area (Å²) >= 11 is 0. The number of hydrogen-bond acceptors (Lipinski definition) is 5. The summed E-state index contributed by atoms with van der Waals surface area (Å²) < 4.78 is 43.9. The van der Waals surface area contributed by atoms with Crippen LogP contribution in [0.2, 0.25) is 0 Å². The molecule has 4 aromatic carbocycles. The van der Waals surface area contributed by atoms with Crippen molar-refractivity contribution in [1.82, 2.24) is 10.6 Å². The van der Waals surface area contributed by atoms with Crippen molar-refractivity contribution in [2.24, 2.45) is 0 Å². The number of piperidine rings is 1. The van der Waals surface area contributed by atoms with Gasteiger partial charge in [-0.2, -0.15) is 13.2 Å². The Morgan fingerprint density at radius 2 is 1.56 bits per heavy atom. The highest BCUT2D eigenvalue weighted by Crippen LogP contribution is 2.30. The van der Waals surface area contributed by atoms with Gasteiger partial charge in [0, 0.05) is 19.0 Å². The van der Waals surface area contributed by atoms with Crippen molar-refractivity contribution in [2.45, 2.75) is 37.8 Å². The highest BCUT2D eigenvalue weighted by atomic mass is 19.4. The van der Waals surface area contributed by atoms with Gasteiger partial charge in [0.15, 0.2) is 6.61 Å². The number of alkyl halides is 3. The molecule has 0 spiro atoms. The molecule has 0 aliphatic carbocycles. The van der Waals surface area contributed by atoms with Crippen molar-refractivity contribution in [3.63, 3.8) is 0 Å². The molecule has 10 heteroatoms. The van der Waals surface area contributed by atoms with Crippen LogP contribution >= 0.6 is 0 Å². The van der Waals surface area contributed by atoms with E-state index in [9.17, 15) is 18.0 Å². The number of fused-ring (bicyclic) bond motifs is 1. The number of hydrogen-bond donors (Lipinski definition) is 3. The fourth-order valence-corrected chi connectivity index (χ4v) is 4.73. The van der Waals surface area contributed by atoms with Crippen LogP contribution in [0.1, 0.15) is 29.0 Å². The summed E-state index contributed by atoms with van der Waals surface area (Å²) in [6.45, 7) is 2.89. The third-order valence-electron chi connectivity index (χ3n) is 6.96. The molecule has 43 heavy (non-hydrogen) atoms. The van der Waals surface area contributed by atoms with Gasteiger partial charge >= 0.3 is 12.1 Å². The minimum Gasteiger partial charge on any atom is -0.484 e. The van der Waals surface area contributed by atoms with Crippen LogP contribution in [-0.2, 0) is 27.5 Å². The van der Waals surface area contributed by atoms with Crippen LogP contribution in [0.15, 0.2) is 97.1 Å². The normalized spacial score (nSPS) is 16.5. The van der Waals surface area contributed by atoms with E-state index in [1.807, 2.05) is 42.5 Å². The van der Waals surface area contributed by atoms with Crippen molar-refractivity contribution in [1.29, 1.82) is 0 Å². The number of nitrogens with one attached hydrogen (secondary N) is 2. The molecule has 4 aromatic rings. The first-order chi connectivity index (χ1) is 20.7. The lowest BCUT2D eigenvalue weighted by Crippen LogP contribution is -2.40. The van der Waals surface area contributed by atoms with Crippen LogP contribution in [0, 0.1) is 0 Å². The zero-order valence-corrected chi connectivity index (χ0v) is 23.3. The molecule has 5 rings (SSSR count). The lowest BCUT2D eigenvalue weighted by atomic mass is 9.87. The molecule has 0 bridgehead atoms. The van der Waals surface area contributed by atoms with E-state index in [0.29, 0.717) is 24.8 Å². The number of carbonyl (C=O) groups excluding carboxylic acids is 1. The summed E-state index contributed by atoms with van der Waals surface area (Å²) in [5.74, 6) is -1.89. The second kappa shape index (κ2) is 15.2. The molecule has 226 valence electrons. The zero-order valence-electron chi connectivity index (χ0n) is 23.3. The number of carboxylic acids is 1. The maximum atomic E-state index is 12.1. The summed E-state index contributed by atoms with van der Waals surface area (Å²) in [4.78, 5) is 21.0. The van der Waals surface area contributed by atoms with Crippen molar-refractivity contribution < 1.29 is 37.3 Å². The number of carboxylic acid groups (broad SMARTS) is 1. The van der Waals surface area contributed by atoms with E-state index in [-0.39, 0.29) is 18.6 Å². The SMILES string of the molecule is O=C(COc1ccc(C2CCNCC2OCc2ccc3ccccc3c2)cc1)NCc1ccccc1.O=C(O)C(F)(F)F. The van der Waals surface area contributed by atoms with Gasteiger partial charge in [-0.3, -0.25) is 4.79 Å². The number of halogens is 3. The topological polar surface area (TPSA) is 96.9 Å². The summed E-state index contributed by atoms with van der Waals surface area (Å²) in [5, 5.41) is 16.0. The Labute approximate surface area is 247 Å². The molecule has 1 heterocycles. The first-order valence-corrected chi connectivity index (χ1v) is 13.8. The third-order valence-corrected chi connectivity index (χ3v) is 6.96. The lowest BCUT2D eigenvalue weighted by molar-refractivity contribution is -0.192. The van der Waals surface area contributed by atoms with Gasteiger partial charge in [-0.1, -0.05) is 78.9 Å². The van der Waals surface area contributed by atoms with E-state index in [1.165, 1.54) is 21.9 Å². The van der Waals surface area contributed by atoms with Gasteiger partial charge in [-0.05, 0) is 58.6 Å². The van der Waals surface area contributed by atoms with Gasteiger partial charge in [0.1, 0.15) is 5.75 Å². The first kappa shape index (κ1) is 31.5. The molecule has 1 amide bonds. The monoisotopic (exact) mass is 594 g/mol. The fourth-order valence-electron chi connectivity index (χ4n) is 4.73. The van der Waals surface area contributed by atoms with E-state index in [4.69, 9.17) is 19.4 Å². The molecule has 0 radical (unpaired) electrons. The Balaban J connectivity index is 0.000000541. The zero-order chi connectivity index (χ0) is 30.7. The molecule has 1 fully saturated rings. The Morgan fingerprint density at radius 3 is 2.26 bits per heavy atom. The Kier molecular flexibility index (Phi) is 11.1. The van der Waals surface area contributed by atoms with Crippen LogP contribution in [0.4, 0.5) is 13.2 Å². The summed E-state index contributed by atoms with van der Waals surface area (Å²) in [7, 11) is 0. The van der Waals surface area contributed by atoms with Gasteiger partial charge in [0.25, 0.3) is 5.91 Å². The van der Waals surface area contributed by atoms with Crippen LogP contribution < -0.4 is 15.4 Å². The number of amides is 1. The Hall–Kier alpha value is -4.41. The second-order valence-corrected chi connectivity index (χ2v) is 10.1. The first-order valence-electron chi connectivity index (χ1n) is 13.8. The molecule has 2 unspecified atom stereocenters. The van der Waals surface area contributed by atoms with E-state index < -0.39 is 12.1 Å². The molecule has 0 aromatic heterocycles. The van der Waals surface area contributed by atoms with Crippen LogP contribution in [-0.4, -0.2) is 49.0 Å². The van der Waals surface area contributed by atoms with E-state index in [1.54, 1.807) is 0 Å². The summed E-state index contributed by atoms with van der Waals surface area (Å²) in [5.41, 5.74) is 3.49. The minimum atomic E-state index is -5.08. The van der Waals surface area contributed by atoms with Gasteiger partial charge in [0.05, 0.1) is 12.7 Å². The molecule has 0 saturated carbocycles. The Bertz CT molecular complexity index is 1480. The number of aliphatic carboxylic acids is 1. The van der Waals surface area contributed by atoms with E-state index in [0.717, 1.165) is 25.1 Å². The molecule has 7 nitrogen and oxygen atoms in total. The summed E-state index contributed by atoms with van der Waals surface area (Å²) in [6, 6.07) is 32.9. The lowest BCUT2D eigenvalue weighted by Gasteiger charge is -2.32. The molecular weight excluding hydrogens is 561 g/mol. The predicted molar refractivity (Wildman–Crippen MR) is 157 cm³/mol. The van der Waals surface area contributed by atoms with Crippen molar-refractivity contribution in [3.8, 4) is 5.75 Å². The predicted octanol–water partition coefficient (Wildman–Crippen LogP) is 5.83. The number of carbonyl (C=O) groups is 2. The minimum absolute atomic E-state index is 0.00295. The summed E-state index contributed by atoms with van der Waals surface area (Å²) in [6.07, 6.45) is -3.97. The molecule has 1 aliphatic heterocycles. The van der Waals surface area contributed by atoms with Crippen LogP contribution in [0.3, 0.4) is 0 Å². The molecule has 1 aliphatic rings. The van der Waals surface area contributed by atoms with Gasteiger partial charge in [-0.15, -0.1) is 0 Å². The van der Waals surface area contributed by atoms with Crippen molar-refractivity contribution in [3.05, 3.63) is 114 Å². The quantitative estimate of drug-likeness (QED) is 0.226. The molecular formula is C33H33F3N2O5. The van der Waals surface area contributed by atoms with Gasteiger partial charge in [-0.25, -0.2) is 4.79 Å². The van der Waals surface area contributed by atoms with Crippen molar-refractivity contribution in [2.75, 3.05) is 19.7 Å². The highest BCUT2D eigenvalue weighted by molar-refractivity contribution is 5.83. The van der Waals surface area contributed by atoms with Gasteiger partial charge < -0.3 is 25.2 Å². The van der Waals surface area contributed by atoms with Crippen molar-refractivity contribution >= 4 is 22.6 Å². The van der Waals surface area contributed by atoms with Crippen LogP contribution in [0.5, 0.6) is 5.75 Å². The maximum Gasteiger partial charge on any atom is 0.490 e. The average Bonchev–Trinajstić information content (AvgIpc) is 3.02. The van der Waals surface area contributed by atoms with Crippen LogP contribution in [0.25, 0.3) is 10.8 Å². The number of ether oxygens (including phenoxy) is 2. The molecule has 3 N–H and O–H groups in total.